The van der Waals surface area contributed by atoms with Crippen molar-refractivity contribution >= 4 is 29.6 Å². The first kappa shape index (κ1) is 35.1. The van der Waals surface area contributed by atoms with E-state index in [2.05, 4.69) is 10.6 Å². The van der Waals surface area contributed by atoms with Crippen LogP contribution in [0.25, 0.3) is 0 Å². The Morgan fingerprint density at radius 3 is 2.11 bits per heavy atom. The molecule has 0 aliphatic carbocycles. The number of nitrogens with zero attached hydrogens (tertiary/aromatic N) is 1. The maximum atomic E-state index is 14.4. The Kier molecular flexibility index (Phi) is 13.7. The van der Waals surface area contributed by atoms with Crippen molar-refractivity contribution in [2.75, 3.05) is 33.0 Å². The van der Waals surface area contributed by atoms with Gasteiger partial charge < -0.3 is 10.5 Å². The Hall–Kier alpha value is -3.37. The molecule has 4 rings (SSSR count). The van der Waals surface area contributed by atoms with Crippen LogP contribution < -0.4 is 10.5 Å². The second-order valence-corrected chi connectivity index (χ2v) is 11.0. The van der Waals surface area contributed by atoms with Crippen molar-refractivity contribution in [2.45, 2.75) is 30.0 Å². The highest BCUT2D eigenvalue weighted by atomic mass is 35.5. The average molecular weight is 647 g/mol. The third-order valence-electron chi connectivity index (χ3n) is 6.91. The van der Waals surface area contributed by atoms with E-state index in [-0.39, 0.29) is 29.7 Å². The lowest BCUT2D eigenvalue weighted by Crippen LogP contribution is -2.31. The molecule has 0 aromatic heterocycles. The van der Waals surface area contributed by atoms with Crippen LogP contribution in [0, 0.1) is 5.82 Å². The van der Waals surface area contributed by atoms with Gasteiger partial charge in [-0.05, 0) is 48.5 Å². The molecule has 0 spiro atoms. The molecule has 4 nitrogen and oxygen atoms in total. The summed E-state index contributed by atoms with van der Waals surface area (Å²) in [6, 6.07) is 26.7. The first-order chi connectivity index (χ1) is 21.2. The fraction of sp³-hybridized carbons (Fsp3) is 0.265. The molecule has 0 amide bonds. The number of benzene rings is 4. The zero-order valence-electron chi connectivity index (χ0n) is 24.5. The van der Waals surface area contributed by atoms with Gasteiger partial charge in [0.2, 0.25) is 0 Å². The third kappa shape index (κ3) is 9.56. The van der Waals surface area contributed by atoms with Gasteiger partial charge in [-0.1, -0.05) is 84.4 Å². The number of thioether (sulfide) groups is 1. The number of hydrogen-bond donors (Lipinski definition) is 1. The summed E-state index contributed by atoms with van der Waals surface area (Å²) in [5.41, 5.74) is 6.17. The van der Waals surface area contributed by atoms with Gasteiger partial charge in [0.25, 0.3) is 0 Å². The topological polar surface area (TPSA) is 55.6 Å². The van der Waals surface area contributed by atoms with E-state index in [1.807, 2.05) is 60.7 Å². The minimum atomic E-state index is -4.56. The zero-order valence-corrected chi connectivity index (χ0v) is 26.1. The molecule has 0 heterocycles. The summed E-state index contributed by atoms with van der Waals surface area (Å²) in [5, 5.41) is -0.308. The first-order valence-corrected chi connectivity index (χ1v) is 15.5. The minimum absolute atomic E-state index is 0.00754. The zero-order chi connectivity index (χ0) is 32.1. The van der Waals surface area contributed by atoms with Crippen LogP contribution in [-0.4, -0.2) is 44.2 Å². The molecule has 0 unspecified atom stereocenters. The van der Waals surface area contributed by atoms with E-state index in [1.54, 1.807) is 18.4 Å². The number of rotatable bonds is 13. The molecule has 0 fully saturated rings. The maximum Gasteiger partial charge on any atom is 0.417 e. The van der Waals surface area contributed by atoms with E-state index in [0.717, 1.165) is 17.2 Å². The minimum Gasteiger partial charge on any atom is -0.493 e. The molecule has 0 bridgehead atoms. The molecule has 0 saturated carbocycles. The molecule has 0 atom stereocenters. The Morgan fingerprint density at radius 1 is 0.955 bits per heavy atom. The predicted molar refractivity (Wildman–Crippen MR) is 170 cm³/mol. The van der Waals surface area contributed by atoms with Gasteiger partial charge in [0.15, 0.2) is 6.29 Å². The average Bonchev–Trinajstić information content (AvgIpc) is 3.03. The van der Waals surface area contributed by atoms with E-state index in [1.165, 1.54) is 30.9 Å². The highest BCUT2D eigenvalue weighted by Gasteiger charge is 2.34. The van der Waals surface area contributed by atoms with Gasteiger partial charge in [-0.3, -0.25) is 9.69 Å². The molecule has 0 saturated heterocycles. The van der Waals surface area contributed by atoms with Gasteiger partial charge in [-0.15, -0.1) is 11.8 Å². The molecular formula is C34H35ClF4N2O2S. The fourth-order valence-corrected chi connectivity index (χ4v) is 5.73. The van der Waals surface area contributed by atoms with E-state index >= 15 is 0 Å². The number of carbonyl (C=O) groups is 1. The molecular weight excluding hydrogens is 612 g/mol. The molecule has 0 aliphatic heterocycles. The van der Waals surface area contributed by atoms with E-state index in [0.29, 0.717) is 42.0 Å². The van der Waals surface area contributed by atoms with Crippen LogP contribution >= 0.6 is 23.4 Å². The van der Waals surface area contributed by atoms with Gasteiger partial charge in [0, 0.05) is 36.5 Å². The number of nitrogens with two attached hydrogens (primary N) is 1. The summed E-state index contributed by atoms with van der Waals surface area (Å²) in [6.07, 6.45) is -1.82. The van der Waals surface area contributed by atoms with Gasteiger partial charge in [0.1, 0.15) is 11.6 Å². The summed E-state index contributed by atoms with van der Waals surface area (Å²) in [6.45, 7) is 1.42. The number of halogens is 5. The second kappa shape index (κ2) is 17.2. The smallest absolute Gasteiger partial charge is 0.417 e. The summed E-state index contributed by atoms with van der Waals surface area (Å²) in [5.74, 6) is -0.394. The van der Waals surface area contributed by atoms with Crippen molar-refractivity contribution in [1.82, 2.24) is 4.90 Å². The Labute approximate surface area is 265 Å². The number of aldehydes is 1. The molecule has 0 aliphatic rings. The lowest BCUT2D eigenvalue weighted by Gasteiger charge is -2.29. The van der Waals surface area contributed by atoms with Crippen LogP contribution in [0.3, 0.4) is 0 Å². The summed E-state index contributed by atoms with van der Waals surface area (Å²) in [7, 11) is 1.50. The van der Waals surface area contributed by atoms with Crippen molar-refractivity contribution in [2.24, 2.45) is 5.73 Å². The lowest BCUT2D eigenvalue weighted by atomic mass is 9.90. The molecule has 234 valence electrons. The summed E-state index contributed by atoms with van der Waals surface area (Å²) < 4.78 is 61.0. The van der Waals surface area contributed by atoms with Gasteiger partial charge in [-0.2, -0.15) is 13.2 Å². The van der Waals surface area contributed by atoms with Crippen molar-refractivity contribution in [3.63, 3.8) is 0 Å². The van der Waals surface area contributed by atoms with E-state index in [4.69, 9.17) is 16.3 Å². The molecule has 4 aromatic rings. The Balaban J connectivity index is 0.00000259. The van der Waals surface area contributed by atoms with Crippen LogP contribution in [0.15, 0.2) is 95.9 Å². The van der Waals surface area contributed by atoms with Crippen LogP contribution in [0.1, 0.15) is 45.0 Å². The van der Waals surface area contributed by atoms with E-state index in [9.17, 15) is 22.4 Å². The number of alkyl halides is 3. The van der Waals surface area contributed by atoms with Crippen molar-refractivity contribution in [3.8, 4) is 5.75 Å². The van der Waals surface area contributed by atoms with Crippen molar-refractivity contribution in [1.29, 1.82) is 0 Å². The molecule has 44 heavy (non-hydrogen) atoms. The van der Waals surface area contributed by atoms with Crippen molar-refractivity contribution in [3.05, 3.63) is 130 Å². The molecule has 4 aromatic carbocycles. The van der Waals surface area contributed by atoms with Crippen LogP contribution in [0.2, 0.25) is 5.02 Å². The van der Waals surface area contributed by atoms with Crippen molar-refractivity contribution < 1.29 is 27.1 Å². The lowest BCUT2D eigenvalue weighted by molar-refractivity contribution is -0.137. The van der Waals surface area contributed by atoms with E-state index < -0.39 is 17.6 Å². The molecule has 10 heteroatoms. The van der Waals surface area contributed by atoms with Crippen LogP contribution in [0.5, 0.6) is 5.75 Å². The van der Waals surface area contributed by atoms with Gasteiger partial charge in [-0.25, -0.2) is 4.39 Å². The predicted octanol–water partition coefficient (Wildman–Crippen LogP) is 8.71. The van der Waals surface area contributed by atoms with Crippen LogP contribution in [0.4, 0.5) is 17.6 Å². The Bertz CT molecular complexity index is 1430. The molecule has 0 radical (unpaired) electrons. The maximum absolute atomic E-state index is 14.4. The molecule has 2 N–H and O–H groups in total. The number of carbonyl (C=O) groups excluding carboxylic acids is 1. The normalized spacial score (nSPS) is 11.3. The standard InChI is InChI=1S/C33H30ClF4NO2S.CH5N/c1-42-31-19-26(18-30(35)28(31)22-40)41-17-9-16-39(20-25-14-8-15-29(32(25)34)33(36,37)38)21-27(23-10-4-2-5-11-23)24-12-6-3-7-13-24;1-2/h2-8,10-15,18-19,22,27H,9,16-17,20-21H2,1H3;2H2,1H3. The monoisotopic (exact) mass is 646 g/mol. The van der Waals surface area contributed by atoms with Gasteiger partial charge in [0.05, 0.1) is 22.8 Å². The van der Waals surface area contributed by atoms with Gasteiger partial charge >= 0.3 is 6.18 Å². The third-order valence-corrected chi connectivity index (χ3v) is 8.14. The SMILES string of the molecule is CN.CSc1cc(OCCCN(Cc2cccc(C(F)(F)F)c2Cl)CC(c2ccccc2)c2ccccc2)cc(F)c1C=O. The highest BCUT2D eigenvalue weighted by Crippen LogP contribution is 2.37. The summed E-state index contributed by atoms with van der Waals surface area (Å²) >= 11 is 7.53. The van der Waals surface area contributed by atoms with Crippen LogP contribution in [-0.2, 0) is 12.7 Å². The fourth-order valence-electron chi connectivity index (χ4n) is 4.84. The Morgan fingerprint density at radius 2 is 1.57 bits per heavy atom. The second-order valence-electron chi connectivity index (χ2n) is 9.73. The largest absolute Gasteiger partial charge is 0.493 e. The quantitative estimate of drug-likeness (QED) is 0.0682. The first-order valence-electron chi connectivity index (χ1n) is 13.9. The number of hydrogen-bond acceptors (Lipinski definition) is 5. The number of ether oxygens (including phenoxy) is 1. The highest BCUT2D eigenvalue weighted by molar-refractivity contribution is 7.98. The summed E-state index contributed by atoms with van der Waals surface area (Å²) in [4.78, 5) is 13.8.